The van der Waals surface area contributed by atoms with Crippen LogP contribution in [0.3, 0.4) is 0 Å². The number of nitrogens with zero attached hydrogens (tertiary/aromatic N) is 1. The maximum atomic E-state index is 11.9. The Labute approximate surface area is 164 Å². The molecule has 0 aliphatic heterocycles. The summed E-state index contributed by atoms with van der Waals surface area (Å²) in [5.74, 6) is 1.40. The van der Waals surface area contributed by atoms with E-state index in [1.165, 1.54) is 7.11 Å². The van der Waals surface area contributed by atoms with Crippen LogP contribution in [0.1, 0.15) is 31.2 Å². The number of hydrogen-bond acceptors (Lipinski definition) is 5. The number of aromatic nitrogens is 2. The van der Waals surface area contributed by atoms with Crippen molar-refractivity contribution in [1.82, 2.24) is 10.2 Å². The monoisotopic (exact) mass is 379 g/mol. The zero-order chi connectivity index (χ0) is 19.3. The average molecular weight is 379 g/mol. The van der Waals surface area contributed by atoms with E-state index >= 15 is 0 Å². The molecule has 0 saturated heterocycles. The normalized spacial score (nSPS) is 19.3. The molecule has 146 valence electrons. The molecule has 2 N–H and O–H groups in total. The number of rotatable bonds is 6. The number of carbonyl (C=O) groups excluding carboxylic acids is 1. The van der Waals surface area contributed by atoms with Gasteiger partial charge in [0.05, 0.1) is 23.9 Å². The standard InChI is InChI=1S/C22H25N3O3/c1-27-22(26)16-9-5-10-17(13-16)23-21-20-18(24-25-21)11-6-12-19(20)28-14-15-7-3-2-4-8-15/h2-4,6-8,11-12,16-17H,5,9-10,13-14H2,1H3,(H2,23,24,25). The summed E-state index contributed by atoms with van der Waals surface area (Å²) < 4.78 is 11.0. The number of carbonyl (C=O) groups is 1. The third-order valence-electron chi connectivity index (χ3n) is 5.34. The van der Waals surface area contributed by atoms with Gasteiger partial charge >= 0.3 is 5.97 Å². The van der Waals surface area contributed by atoms with Gasteiger partial charge < -0.3 is 14.8 Å². The highest BCUT2D eigenvalue weighted by molar-refractivity contribution is 5.95. The van der Waals surface area contributed by atoms with Gasteiger partial charge in [-0.2, -0.15) is 5.10 Å². The minimum absolute atomic E-state index is 0.0461. The van der Waals surface area contributed by atoms with Gasteiger partial charge in [-0.15, -0.1) is 0 Å². The summed E-state index contributed by atoms with van der Waals surface area (Å²) in [7, 11) is 1.46. The van der Waals surface area contributed by atoms with Gasteiger partial charge in [0.1, 0.15) is 12.4 Å². The minimum atomic E-state index is -0.120. The Morgan fingerprint density at radius 2 is 2.04 bits per heavy atom. The molecule has 0 bridgehead atoms. The smallest absolute Gasteiger partial charge is 0.308 e. The molecule has 0 radical (unpaired) electrons. The zero-order valence-electron chi connectivity index (χ0n) is 16.0. The molecule has 1 heterocycles. The van der Waals surface area contributed by atoms with Crippen LogP contribution in [0.25, 0.3) is 10.9 Å². The van der Waals surface area contributed by atoms with Crippen molar-refractivity contribution in [2.75, 3.05) is 12.4 Å². The Balaban J connectivity index is 1.52. The summed E-state index contributed by atoms with van der Waals surface area (Å²) in [5, 5.41) is 12.0. The van der Waals surface area contributed by atoms with Crippen LogP contribution in [0.4, 0.5) is 5.82 Å². The fraction of sp³-hybridized carbons (Fsp3) is 0.364. The predicted molar refractivity (Wildman–Crippen MR) is 108 cm³/mol. The topological polar surface area (TPSA) is 76.2 Å². The second-order valence-electron chi connectivity index (χ2n) is 7.25. The molecule has 1 aliphatic carbocycles. The van der Waals surface area contributed by atoms with E-state index in [-0.39, 0.29) is 17.9 Å². The second-order valence-corrected chi connectivity index (χ2v) is 7.25. The minimum Gasteiger partial charge on any atom is -0.488 e. The molecule has 6 nitrogen and oxygen atoms in total. The molecule has 2 unspecified atom stereocenters. The second kappa shape index (κ2) is 8.33. The molecule has 6 heteroatoms. The first-order chi connectivity index (χ1) is 13.7. The first kappa shape index (κ1) is 18.3. The van der Waals surface area contributed by atoms with Crippen molar-refractivity contribution >= 4 is 22.7 Å². The molecule has 3 aromatic rings. The van der Waals surface area contributed by atoms with Crippen molar-refractivity contribution in [3.8, 4) is 5.75 Å². The maximum Gasteiger partial charge on any atom is 0.308 e. The third kappa shape index (κ3) is 3.96. The van der Waals surface area contributed by atoms with E-state index in [1.807, 2.05) is 48.5 Å². The molecule has 4 rings (SSSR count). The van der Waals surface area contributed by atoms with Crippen molar-refractivity contribution in [3.05, 3.63) is 54.1 Å². The molecular weight excluding hydrogens is 354 g/mol. The Kier molecular flexibility index (Phi) is 5.46. The van der Waals surface area contributed by atoms with Crippen LogP contribution >= 0.6 is 0 Å². The fourth-order valence-corrected chi connectivity index (χ4v) is 3.90. The number of methoxy groups -OCH3 is 1. The molecule has 0 spiro atoms. The Morgan fingerprint density at radius 1 is 1.18 bits per heavy atom. The van der Waals surface area contributed by atoms with Gasteiger partial charge in [-0.3, -0.25) is 9.89 Å². The van der Waals surface area contributed by atoms with E-state index in [0.717, 1.165) is 53.7 Å². The lowest BCUT2D eigenvalue weighted by atomic mass is 9.85. The summed E-state index contributed by atoms with van der Waals surface area (Å²) in [6, 6.07) is 16.2. The van der Waals surface area contributed by atoms with Crippen molar-refractivity contribution in [2.45, 2.75) is 38.3 Å². The van der Waals surface area contributed by atoms with Crippen molar-refractivity contribution in [2.24, 2.45) is 5.92 Å². The Morgan fingerprint density at radius 3 is 2.86 bits per heavy atom. The molecule has 1 saturated carbocycles. The number of benzene rings is 2. The molecule has 0 amide bonds. The van der Waals surface area contributed by atoms with E-state index in [9.17, 15) is 4.79 Å². The number of nitrogens with one attached hydrogen (secondary N) is 2. The summed E-state index contributed by atoms with van der Waals surface area (Å²) in [6.07, 6.45) is 3.65. The molecule has 1 aliphatic rings. The summed E-state index contributed by atoms with van der Waals surface area (Å²) in [4.78, 5) is 11.9. The quantitative estimate of drug-likeness (QED) is 0.625. The van der Waals surface area contributed by atoms with Gasteiger partial charge in [0.15, 0.2) is 5.82 Å². The lowest BCUT2D eigenvalue weighted by Crippen LogP contribution is -2.31. The number of esters is 1. The largest absolute Gasteiger partial charge is 0.488 e. The van der Waals surface area contributed by atoms with E-state index in [0.29, 0.717) is 6.61 Å². The molecule has 2 aromatic carbocycles. The molecule has 1 aromatic heterocycles. The third-order valence-corrected chi connectivity index (χ3v) is 5.34. The number of hydrogen-bond donors (Lipinski definition) is 2. The van der Waals surface area contributed by atoms with Gasteiger partial charge in [-0.1, -0.05) is 42.8 Å². The number of ether oxygens (including phenoxy) is 2. The van der Waals surface area contributed by atoms with Crippen molar-refractivity contribution < 1.29 is 14.3 Å². The van der Waals surface area contributed by atoms with Crippen molar-refractivity contribution in [1.29, 1.82) is 0 Å². The number of anilines is 1. The van der Waals surface area contributed by atoms with Crippen LogP contribution in [0, 0.1) is 5.92 Å². The maximum absolute atomic E-state index is 11.9. The fourth-order valence-electron chi connectivity index (χ4n) is 3.90. The lowest BCUT2D eigenvalue weighted by Gasteiger charge is -2.28. The van der Waals surface area contributed by atoms with Crippen LogP contribution in [0.5, 0.6) is 5.75 Å². The molecule has 1 fully saturated rings. The SMILES string of the molecule is COC(=O)C1CCCC(Nc2n[nH]c3cccc(OCc4ccccc4)c23)C1. The highest BCUT2D eigenvalue weighted by Crippen LogP contribution is 2.34. The Bertz CT molecular complexity index is 939. The van der Waals surface area contributed by atoms with Gasteiger partial charge in [0, 0.05) is 6.04 Å². The number of aromatic amines is 1. The summed E-state index contributed by atoms with van der Waals surface area (Å²) in [6.45, 7) is 0.498. The predicted octanol–water partition coefficient (Wildman–Crippen LogP) is 4.29. The van der Waals surface area contributed by atoms with Gasteiger partial charge in [0.2, 0.25) is 0 Å². The molecular formula is C22H25N3O3. The van der Waals surface area contributed by atoms with E-state index in [1.54, 1.807) is 0 Å². The van der Waals surface area contributed by atoms with E-state index < -0.39 is 0 Å². The van der Waals surface area contributed by atoms with Gasteiger partial charge in [-0.25, -0.2) is 0 Å². The summed E-state index contributed by atoms with van der Waals surface area (Å²) >= 11 is 0. The first-order valence-corrected chi connectivity index (χ1v) is 9.73. The Hall–Kier alpha value is -3.02. The molecule has 28 heavy (non-hydrogen) atoms. The average Bonchev–Trinajstić information content (AvgIpc) is 3.16. The van der Waals surface area contributed by atoms with E-state index in [4.69, 9.17) is 9.47 Å². The van der Waals surface area contributed by atoms with Crippen LogP contribution < -0.4 is 10.1 Å². The number of H-pyrrole nitrogens is 1. The lowest BCUT2D eigenvalue weighted by molar-refractivity contribution is -0.146. The number of fused-ring (bicyclic) bond motifs is 1. The van der Waals surface area contributed by atoms with Crippen LogP contribution in [-0.4, -0.2) is 29.3 Å². The van der Waals surface area contributed by atoms with Crippen LogP contribution in [0.2, 0.25) is 0 Å². The van der Waals surface area contributed by atoms with Gasteiger partial charge in [-0.05, 0) is 37.0 Å². The van der Waals surface area contributed by atoms with Gasteiger partial charge in [0.25, 0.3) is 0 Å². The van der Waals surface area contributed by atoms with Crippen LogP contribution in [-0.2, 0) is 16.1 Å². The highest BCUT2D eigenvalue weighted by Gasteiger charge is 2.28. The highest BCUT2D eigenvalue weighted by atomic mass is 16.5. The zero-order valence-corrected chi connectivity index (χ0v) is 16.0. The van der Waals surface area contributed by atoms with Crippen LogP contribution in [0.15, 0.2) is 48.5 Å². The van der Waals surface area contributed by atoms with Crippen molar-refractivity contribution in [3.63, 3.8) is 0 Å². The first-order valence-electron chi connectivity index (χ1n) is 9.73. The van der Waals surface area contributed by atoms with E-state index in [2.05, 4.69) is 15.5 Å². The summed E-state index contributed by atoms with van der Waals surface area (Å²) in [5.41, 5.74) is 2.04. The molecule has 2 atom stereocenters.